The molecule has 0 aliphatic carbocycles. The van der Waals surface area contributed by atoms with Crippen molar-refractivity contribution in [1.29, 1.82) is 0 Å². The summed E-state index contributed by atoms with van der Waals surface area (Å²) >= 11 is 5.24. The highest BCUT2D eigenvalue weighted by Gasteiger charge is 1.94. The van der Waals surface area contributed by atoms with Crippen molar-refractivity contribution in [2.45, 2.75) is 65.2 Å². The summed E-state index contributed by atoms with van der Waals surface area (Å²) in [5, 5.41) is 3.24. The van der Waals surface area contributed by atoms with Gasteiger partial charge in [0.2, 0.25) is 0 Å². The minimum atomic E-state index is 0.625. The lowest BCUT2D eigenvalue weighted by atomic mass is 10.0. The second kappa shape index (κ2) is 14.9. The normalized spacial score (nSPS) is 11.6. The van der Waals surface area contributed by atoms with Crippen LogP contribution in [-0.2, 0) is 6.42 Å². The van der Waals surface area contributed by atoms with Gasteiger partial charge in [0.05, 0.1) is 4.99 Å². The van der Waals surface area contributed by atoms with Crippen LogP contribution in [0.15, 0.2) is 54.6 Å². The van der Waals surface area contributed by atoms with Crippen LogP contribution in [0.2, 0.25) is 0 Å². The first-order valence-electron chi connectivity index (χ1n) is 9.83. The first-order valence-corrected chi connectivity index (χ1v) is 10.2. The number of nitrogens with one attached hydrogen (secondary N) is 1. The van der Waals surface area contributed by atoms with Gasteiger partial charge in [-0.25, -0.2) is 0 Å². The number of rotatable bonds is 13. The van der Waals surface area contributed by atoms with Gasteiger partial charge in [0.15, 0.2) is 0 Å². The average Bonchev–Trinajstić information content (AvgIpc) is 2.61. The first kappa shape index (κ1) is 21.6. The number of unbranched alkanes of at least 4 members (excludes halogenated alkanes) is 6. The van der Waals surface area contributed by atoms with Crippen molar-refractivity contribution < 1.29 is 0 Å². The van der Waals surface area contributed by atoms with Crippen molar-refractivity contribution in [1.82, 2.24) is 5.32 Å². The summed E-state index contributed by atoms with van der Waals surface area (Å²) in [5.74, 6) is 0.625. The third-order valence-corrected chi connectivity index (χ3v) is 4.39. The molecule has 2 heteroatoms. The van der Waals surface area contributed by atoms with E-state index in [0.29, 0.717) is 5.92 Å². The zero-order valence-electron chi connectivity index (χ0n) is 16.0. The maximum absolute atomic E-state index is 5.24. The number of benzene rings is 1. The Balaban J connectivity index is 1.90. The zero-order chi connectivity index (χ0) is 18.2. The third kappa shape index (κ3) is 13.5. The van der Waals surface area contributed by atoms with Crippen LogP contribution in [0.4, 0.5) is 0 Å². The Kier molecular flexibility index (Phi) is 12.9. The summed E-state index contributed by atoms with van der Waals surface area (Å²) in [7, 11) is 0. The highest BCUT2D eigenvalue weighted by molar-refractivity contribution is 7.80. The molecule has 0 heterocycles. The second-order valence-electron chi connectivity index (χ2n) is 7.07. The van der Waals surface area contributed by atoms with Gasteiger partial charge < -0.3 is 5.32 Å². The molecular formula is C23H35NS. The van der Waals surface area contributed by atoms with Crippen molar-refractivity contribution in [3.8, 4) is 0 Å². The second-order valence-corrected chi connectivity index (χ2v) is 7.51. The molecular weight excluding hydrogens is 322 g/mol. The molecule has 0 unspecified atom stereocenters. The predicted molar refractivity (Wildman–Crippen MR) is 116 cm³/mol. The molecule has 1 rings (SSSR count). The van der Waals surface area contributed by atoms with Crippen molar-refractivity contribution in [3.63, 3.8) is 0 Å². The smallest absolute Gasteiger partial charge is 0.0988 e. The monoisotopic (exact) mass is 357 g/mol. The summed E-state index contributed by atoms with van der Waals surface area (Å²) in [6, 6.07) is 10.8. The topological polar surface area (TPSA) is 12.0 Å². The Morgan fingerprint density at radius 1 is 0.960 bits per heavy atom. The van der Waals surface area contributed by atoms with Gasteiger partial charge in [-0.05, 0) is 43.2 Å². The van der Waals surface area contributed by atoms with E-state index in [-0.39, 0.29) is 0 Å². The summed E-state index contributed by atoms with van der Waals surface area (Å²) in [6.07, 6.45) is 18.8. The fourth-order valence-electron chi connectivity index (χ4n) is 2.62. The van der Waals surface area contributed by atoms with E-state index < -0.39 is 0 Å². The highest BCUT2D eigenvalue weighted by Crippen LogP contribution is 2.10. The van der Waals surface area contributed by atoms with Crippen molar-refractivity contribution in [3.05, 3.63) is 60.2 Å². The van der Waals surface area contributed by atoms with E-state index in [9.17, 15) is 0 Å². The minimum absolute atomic E-state index is 0.625. The number of allylic oxidation sites excluding steroid dienone is 3. The largest absolute Gasteiger partial charge is 0.376 e. The average molecular weight is 358 g/mol. The van der Waals surface area contributed by atoms with Gasteiger partial charge in [0.1, 0.15) is 0 Å². The van der Waals surface area contributed by atoms with Crippen molar-refractivity contribution in [2.75, 3.05) is 6.54 Å². The Bertz CT molecular complexity index is 502. The van der Waals surface area contributed by atoms with Crippen LogP contribution in [0.1, 0.15) is 64.4 Å². The Morgan fingerprint density at radius 2 is 1.64 bits per heavy atom. The van der Waals surface area contributed by atoms with Gasteiger partial charge in [-0.3, -0.25) is 0 Å². The molecule has 0 spiro atoms. The molecule has 25 heavy (non-hydrogen) atoms. The van der Waals surface area contributed by atoms with E-state index in [2.05, 4.69) is 61.6 Å². The van der Waals surface area contributed by atoms with Crippen LogP contribution in [-0.4, -0.2) is 11.5 Å². The molecule has 1 aromatic carbocycles. The molecule has 1 nitrogen and oxygen atoms in total. The summed E-state index contributed by atoms with van der Waals surface area (Å²) in [6.45, 7) is 5.31. The van der Waals surface area contributed by atoms with Crippen molar-refractivity contribution >= 4 is 17.2 Å². The molecule has 0 saturated carbocycles. The molecule has 0 bridgehead atoms. The van der Waals surface area contributed by atoms with E-state index in [1.165, 1.54) is 56.9 Å². The molecule has 1 N–H and O–H groups in total. The molecule has 0 aromatic heterocycles. The van der Waals surface area contributed by atoms with E-state index >= 15 is 0 Å². The molecule has 0 atom stereocenters. The molecule has 138 valence electrons. The first-order chi connectivity index (χ1) is 12.2. The fourth-order valence-corrected chi connectivity index (χ4v) is 2.79. The molecule has 0 fully saturated rings. The van der Waals surface area contributed by atoms with Crippen LogP contribution in [0.3, 0.4) is 0 Å². The van der Waals surface area contributed by atoms with Gasteiger partial charge in [-0.15, -0.1) is 0 Å². The van der Waals surface area contributed by atoms with Crippen LogP contribution in [0, 0.1) is 5.92 Å². The quantitative estimate of drug-likeness (QED) is 0.184. The van der Waals surface area contributed by atoms with Crippen LogP contribution >= 0.6 is 12.2 Å². The van der Waals surface area contributed by atoms with E-state index in [1.807, 2.05) is 12.2 Å². The highest BCUT2D eigenvalue weighted by atomic mass is 32.1. The predicted octanol–water partition coefficient (Wildman–Crippen LogP) is 6.65. The fraction of sp³-hybridized carbons (Fsp3) is 0.522. The van der Waals surface area contributed by atoms with Gasteiger partial charge in [0.25, 0.3) is 0 Å². The van der Waals surface area contributed by atoms with Crippen LogP contribution in [0.25, 0.3) is 0 Å². The van der Waals surface area contributed by atoms with E-state index in [0.717, 1.165) is 11.5 Å². The lowest BCUT2D eigenvalue weighted by Gasteiger charge is -2.06. The number of aryl methyl sites for hydroxylation is 1. The lowest BCUT2D eigenvalue weighted by molar-refractivity contribution is 0.597. The maximum atomic E-state index is 5.24. The van der Waals surface area contributed by atoms with Crippen LogP contribution in [0.5, 0.6) is 0 Å². The van der Waals surface area contributed by atoms with Crippen molar-refractivity contribution in [2.24, 2.45) is 5.92 Å². The minimum Gasteiger partial charge on any atom is -0.376 e. The molecule has 1 aromatic rings. The Labute approximate surface area is 160 Å². The molecule has 0 saturated heterocycles. The van der Waals surface area contributed by atoms with Gasteiger partial charge in [-0.2, -0.15) is 0 Å². The summed E-state index contributed by atoms with van der Waals surface area (Å²) in [4.78, 5) is 0.828. The SMILES string of the molecule is CC(C)CNC(=S)C=CC=CCCCCCCCCc1ccccc1. The lowest BCUT2D eigenvalue weighted by Crippen LogP contribution is -2.23. The molecule has 0 amide bonds. The third-order valence-electron chi connectivity index (χ3n) is 4.11. The molecule has 0 aliphatic rings. The summed E-state index contributed by atoms with van der Waals surface area (Å²) in [5.41, 5.74) is 1.47. The Morgan fingerprint density at radius 3 is 2.36 bits per heavy atom. The van der Waals surface area contributed by atoms with E-state index in [4.69, 9.17) is 12.2 Å². The summed E-state index contributed by atoms with van der Waals surface area (Å²) < 4.78 is 0. The standard InChI is InChI=1S/C23H35NS/c1-21(2)20-24-23(25)19-15-10-8-6-4-3-5-7-9-12-16-22-17-13-11-14-18-22/h8,10-11,13-15,17-19,21H,3-7,9,12,16,20H2,1-2H3,(H,24,25). The van der Waals surface area contributed by atoms with E-state index in [1.54, 1.807) is 0 Å². The Hall–Kier alpha value is -1.41. The van der Waals surface area contributed by atoms with Gasteiger partial charge >= 0.3 is 0 Å². The number of hydrogen-bond acceptors (Lipinski definition) is 1. The maximum Gasteiger partial charge on any atom is 0.0988 e. The number of thiocarbonyl (C=S) groups is 1. The van der Waals surface area contributed by atoms with Gasteiger partial charge in [0, 0.05) is 6.54 Å². The van der Waals surface area contributed by atoms with Crippen LogP contribution < -0.4 is 5.32 Å². The molecule has 0 radical (unpaired) electrons. The van der Waals surface area contributed by atoms with Gasteiger partial charge in [-0.1, -0.05) is 100 Å². The number of hydrogen-bond donors (Lipinski definition) is 1. The zero-order valence-corrected chi connectivity index (χ0v) is 16.9. The molecule has 0 aliphatic heterocycles.